The van der Waals surface area contributed by atoms with Crippen LogP contribution in [-0.2, 0) is 17.1 Å². The van der Waals surface area contributed by atoms with Crippen molar-refractivity contribution in [2.24, 2.45) is 0 Å². The van der Waals surface area contributed by atoms with E-state index in [1.807, 2.05) is 0 Å². The summed E-state index contributed by atoms with van der Waals surface area (Å²) in [6, 6.07) is 8.80. The van der Waals surface area contributed by atoms with Crippen LogP contribution in [0.5, 0.6) is 11.6 Å². The van der Waals surface area contributed by atoms with E-state index in [4.69, 9.17) is 9.47 Å². The van der Waals surface area contributed by atoms with Gasteiger partial charge in [0.05, 0.1) is 22.7 Å². The van der Waals surface area contributed by atoms with E-state index >= 15 is 0 Å². The zero-order chi connectivity index (χ0) is 34.7. The van der Waals surface area contributed by atoms with E-state index in [2.05, 4.69) is 25.9 Å². The Morgan fingerprint density at radius 2 is 1.69 bits per heavy atom. The van der Waals surface area contributed by atoms with Crippen molar-refractivity contribution in [3.8, 4) is 11.6 Å². The molecule has 1 aromatic carbocycles. The third-order valence-corrected chi connectivity index (χ3v) is 9.03. The highest BCUT2D eigenvalue weighted by Crippen LogP contribution is 2.41. The average Bonchev–Trinajstić information content (AvgIpc) is 3.05. The van der Waals surface area contributed by atoms with Crippen molar-refractivity contribution < 1.29 is 45.4 Å². The first-order valence-electron chi connectivity index (χ1n) is 15.5. The van der Waals surface area contributed by atoms with E-state index < -0.39 is 52.5 Å². The monoisotopic (exact) mass is 742 g/mol. The quantitative estimate of drug-likeness (QED) is 0.175. The third kappa shape index (κ3) is 7.71. The zero-order valence-electron chi connectivity index (χ0n) is 25.9. The molecule has 0 bridgehead atoms. The van der Waals surface area contributed by atoms with Crippen LogP contribution < -0.4 is 9.47 Å². The van der Waals surface area contributed by atoms with E-state index in [1.54, 1.807) is 30.0 Å². The lowest BCUT2D eigenvalue weighted by Crippen LogP contribution is -2.68. The summed E-state index contributed by atoms with van der Waals surface area (Å²) in [6.45, 7) is 2.32. The van der Waals surface area contributed by atoms with Crippen molar-refractivity contribution >= 4 is 27.7 Å². The number of alkyl halides is 6. The average molecular weight is 744 g/mol. The first kappa shape index (κ1) is 35.4. The van der Waals surface area contributed by atoms with Gasteiger partial charge in [-0.2, -0.15) is 26.3 Å². The molecular formula is C33H33BrF6N4O4. The SMILES string of the molecule is CCC[C@H]1N(C(=O)c2cnccc2C(F)(F)F)CCC[C@@]1(Oc1ccc(C(F)(F)F)cc1)C(=O)N1CCC(Oc2cccc(Br)n2)CC1. The standard InChI is InChI=1S/C33H33BrF6N4O4/c1-2-5-26-31(48-23-10-8-21(9-11-23)32(35,36)37,15-4-17-44(26)29(45)24-20-41-16-12-25(24)33(38,39)40)30(46)43-18-13-22(14-19-43)47-28-7-3-6-27(34)42-28/h3,6-12,16,20,22,26H,2,4-5,13-15,17-19H2,1H3/t26-,31+/m1/s1. The van der Waals surface area contributed by atoms with E-state index in [-0.39, 0.29) is 50.8 Å². The lowest BCUT2D eigenvalue weighted by Gasteiger charge is -2.50. The van der Waals surface area contributed by atoms with Gasteiger partial charge in [-0.25, -0.2) is 4.98 Å². The summed E-state index contributed by atoms with van der Waals surface area (Å²) >= 11 is 3.31. The molecule has 2 aliphatic heterocycles. The molecule has 0 radical (unpaired) electrons. The molecule has 2 saturated heterocycles. The molecule has 0 unspecified atom stereocenters. The fourth-order valence-electron chi connectivity index (χ4n) is 6.36. The van der Waals surface area contributed by atoms with Crippen LogP contribution in [-0.4, -0.2) is 69.0 Å². The number of hydrogen-bond acceptors (Lipinski definition) is 6. The molecule has 0 N–H and O–H groups in total. The van der Waals surface area contributed by atoms with Crippen LogP contribution in [0, 0.1) is 0 Å². The number of carbonyl (C=O) groups is 2. The lowest BCUT2D eigenvalue weighted by atomic mass is 9.79. The summed E-state index contributed by atoms with van der Waals surface area (Å²) in [5.74, 6) is -1.09. The second kappa shape index (κ2) is 14.3. The number of rotatable bonds is 8. The minimum absolute atomic E-state index is 0.0383. The Morgan fingerprint density at radius 1 is 0.979 bits per heavy atom. The maximum Gasteiger partial charge on any atom is 0.417 e. The number of likely N-dealkylation sites (tertiary alicyclic amines) is 2. The van der Waals surface area contributed by atoms with E-state index in [0.717, 1.165) is 42.7 Å². The Kier molecular flexibility index (Phi) is 10.6. The van der Waals surface area contributed by atoms with Crippen LogP contribution in [0.15, 0.2) is 65.5 Å². The predicted molar refractivity (Wildman–Crippen MR) is 165 cm³/mol. The number of nitrogens with zero attached hydrogens (tertiary/aromatic N) is 4. The maximum absolute atomic E-state index is 14.7. The summed E-state index contributed by atoms with van der Waals surface area (Å²) in [4.78, 5) is 39.5. The van der Waals surface area contributed by atoms with Gasteiger partial charge in [0.1, 0.15) is 16.5 Å². The maximum atomic E-state index is 14.7. The highest BCUT2D eigenvalue weighted by Gasteiger charge is 2.56. The lowest BCUT2D eigenvalue weighted by molar-refractivity contribution is -0.161. The van der Waals surface area contributed by atoms with Gasteiger partial charge in [0, 0.05) is 57.4 Å². The van der Waals surface area contributed by atoms with Crippen LogP contribution in [0.2, 0.25) is 0 Å². The topological polar surface area (TPSA) is 84.9 Å². The smallest absolute Gasteiger partial charge is 0.417 e. The van der Waals surface area contributed by atoms with Crippen LogP contribution >= 0.6 is 15.9 Å². The highest BCUT2D eigenvalue weighted by molar-refractivity contribution is 9.10. The molecule has 3 aromatic rings. The fourth-order valence-corrected chi connectivity index (χ4v) is 6.69. The first-order valence-corrected chi connectivity index (χ1v) is 16.3. The molecule has 2 aromatic heterocycles. The van der Waals surface area contributed by atoms with Crippen LogP contribution in [0.25, 0.3) is 0 Å². The number of pyridine rings is 2. The molecule has 2 amide bonds. The molecule has 0 saturated carbocycles. The second-order valence-electron chi connectivity index (χ2n) is 11.7. The molecular weight excluding hydrogens is 710 g/mol. The number of benzene rings is 1. The van der Waals surface area contributed by atoms with Crippen LogP contribution in [0.3, 0.4) is 0 Å². The number of aromatic nitrogens is 2. The van der Waals surface area contributed by atoms with Crippen molar-refractivity contribution in [2.75, 3.05) is 19.6 Å². The van der Waals surface area contributed by atoms with Crippen LogP contribution in [0.1, 0.15) is 66.9 Å². The molecule has 5 rings (SSSR count). The zero-order valence-corrected chi connectivity index (χ0v) is 27.4. The molecule has 4 heterocycles. The van der Waals surface area contributed by atoms with E-state index in [9.17, 15) is 35.9 Å². The molecule has 258 valence electrons. The van der Waals surface area contributed by atoms with Gasteiger partial charge in [0.2, 0.25) is 11.5 Å². The van der Waals surface area contributed by atoms with Gasteiger partial charge in [-0.3, -0.25) is 14.6 Å². The summed E-state index contributed by atoms with van der Waals surface area (Å²) in [5, 5.41) is 0. The van der Waals surface area contributed by atoms with Crippen molar-refractivity contribution in [2.45, 2.75) is 75.5 Å². The Labute approximate surface area is 281 Å². The van der Waals surface area contributed by atoms with E-state index in [1.165, 1.54) is 4.90 Å². The normalized spacial score (nSPS) is 20.8. The summed E-state index contributed by atoms with van der Waals surface area (Å²) in [5.41, 5.74) is -4.54. The first-order chi connectivity index (χ1) is 22.7. The molecule has 0 aliphatic carbocycles. The number of hydrogen-bond donors (Lipinski definition) is 0. The van der Waals surface area contributed by atoms with Crippen molar-refractivity contribution in [3.63, 3.8) is 0 Å². The van der Waals surface area contributed by atoms with Crippen LogP contribution in [0.4, 0.5) is 26.3 Å². The molecule has 0 spiro atoms. The number of piperidine rings is 2. The Hall–Kier alpha value is -3.88. The van der Waals surface area contributed by atoms with Gasteiger partial charge in [0.25, 0.3) is 11.8 Å². The summed E-state index contributed by atoms with van der Waals surface area (Å²) in [7, 11) is 0. The predicted octanol–water partition coefficient (Wildman–Crippen LogP) is 7.57. The molecule has 8 nitrogen and oxygen atoms in total. The van der Waals surface area contributed by atoms with Gasteiger partial charge in [-0.15, -0.1) is 0 Å². The fraction of sp³-hybridized carbons (Fsp3) is 0.455. The van der Waals surface area contributed by atoms with E-state index in [0.29, 0.717) is 29.7 Å². The number of halogens is 7. The molecule has 48 heavy (non-hydrogen) atoms. The van der Waals surface area contributed by atoms with Gasteiger partial charge < -0.3 is 19.3 Å². The molecule has 15 heteroatoms. The number of ether oxygens (including phenoxy) is 2. The van der Waals surface area contributed by atoms with Gasteiger partial charge in [0.15, 0.2) is 0 Å². The Balaban J connectivity index is 1.49. The third-order valence-electron chi connectivity index (χ3n) is 8.59. The minimum Gasteiger partial charge on any atom is -0.475 e. The van der Waals surface area contributed by atoms with Crippen molar-refractivity contribution in [1.82, 2.24) is 19.8 Å². The largest absolute Gasteiger partial charge is 0.475 e. The number of amides is 2. The molecule has 2 fully saturated rings. The molecule has 2 aliphatic rings. The second-order valence-corrected chi connectivity index (χ2v) is 12.6. The number of carbonyl (C=O) groups excluding carboxylic acids is 2. The van der Waals surface area contributed by atoms with Gasteiger partial charge in [-0.1, -0.05) is 19.4 Å². The Bertz CT molecular complexity index is 1600. The van der Waals surface area contributed by atoms with Gasteiger partial charge >= 0.3 is 12.4 Å². The summed E-state index contributed by atoms with van der Waals surface area (Å²) in [6.07, 6.45) is -6.17. The summed E-state index contributed by atoms with van der Waals surface area (Å²) < 4.78 is 94.9. The van der Waals surface area contributed by atoms with Crippen molar-refractivity contribution in [3.05, 3.63) is 82.2 Å². The minimum atomic E-state index is -4.84. The molecule has 2 atom stereocenters. The van der Waals surface area contributed by atoms with Gasteiger partial charge in [-0.05, 0) is 65.2 Å². The highest BCUT2D eigenvalue weighted by atomic mass is 79.9. The van der Waals surface area contributed by atoms with Crippen molar-refractivity contribution in [1.29, 1.82) is 0 Å². The Morgan fingerprint density at radius 3 is 2.31 bits per heavy atom.